The van der Waals surface area contributed by atoms with Gasteiger partial charge in [0.25, 0.3) is 0 Å². The van der Waals surface area contributed by atoms with Gasteiger partial charge < -0.3 is 15.2 Å². The van der Waals surface area contributed by atoms with E-state index in [1.165, 1.54) is 0 Å². The topological polar surface area (TPSA) is 41.5 Å². The van der Waals surface area contributed by atoms with E-state index < -0.39 is 0 Å². The molecule has 2 rings (SSSR count). The Morgan fingerprint density at radius 1 is 1.55 bits per heavy atom. The highest BCUT2D eigenvalue weighted by atomic mass is 35.5. The number of hydrogen-bond acceptors (Lipinski definition) is 3. The summed E-state index contributed by atoms with van der Waals surface area (Å²) in [6, 6.07) is 0.812. The summed E-state index contributed by atoms with van der Waals surface area (Å²) >= 11 is 0. The summed E-state index contributed by atoms with van der Waals surface area (Å²) in [5, 5.41) is 12.1. The predicted octanol–water partition coefficient (Wildman–Crippen LogP) is -0.0801. The first-order valence-electron chi connectivity index (χ1n) is 3.88. The van der Waals surface area contributed by atoms with Gasteiger partial charge in [-0.15, -0.1) is 12.4 Å². The normalized spacial score (nSPS) is 41.7. The van der Waals surface area contributed by atoms with Crippen molar-refractivity contribution in [2.45, 2.75) is 31.0 Å². The van der Waals surface area contributed by atoms with Crippen LogP contribution < -0.4 is 5.32 Å². The second-order valence-electron chi connectivity index (χ2n) is 3.09. The van der Waals surface area contributed by atoms with Gasteiger partial charge in [0, 0.05) is 18.7 Å². The van der Waals surface area contributed by atoms with Crippen molar-refractivity contribution in [3.8, 4) is 0 Å². The Morgan fingerprint density at radius 3 is 3.00 bits per heavy atom. The molecule has 0 amide bonds. The summed E-state index contributed by atoms with van der Waals surface area (Å²) in [5.74, 6) is 0. The van der Waals surface area contributed by atoms with Crippen LogP contribution in [0.3, 0.4) is 0 Å². The number of ether oxygens (including phenoxy) is 1. The lowest BCUT2D eigenvalue weighted by molar-refractivity contribution is 0.106. The first kappa shape index (κ1) is 9.26. The third kappa shape index (κ3) is 1.67. The fraction of sp³-hybridized carbons (Fsp3) is 1.00. The Kier molecular flexibility index (Phi) is 3.13. The Bertz CT molecular complexity index is 122. The SMILES string of the molecule is Cl.OCC1CC2OCCC2N1. The molecule has 2 fully saturated rings. The van der Waals surface area contributed by atoms with E-state index in [2.05, 4.69) is 5.32 Å². The third-order valence-corrected chi connectivity index (χ3v) is 2.40. The fourth-order valence-electron chi connectivity index (χ4n) is 1.85. The standard InChI is InChI=1S/C7H13NO2.ClH/c9-4-5-3-7-6(8-5)1-2-10-7;/h5-9H,1-4H2;1H. The minimum absolute atomic E-state index is 0. The maximum Gasteiger partial charge on any atom is 0.0744 e. The molecule has 3 atom stereocenters. The van der Waals surface area contributed by atoms with Crippen molar-refractivity contribution in [2.75, 3.05) is 13.2 Å². The van der Waals surface area contributed by atoms with Crippen LogP contribution in [0, 0.1) is 0 Å². The van der Waals surface area contributed by atoms with Crippen LogP contribution in [0.4, 0.5) is 0 Å². The van der Waals surface area contributed by atoms with Crippen LogP contribution in [0.25, 0.3) is 0 Å². The van der Waals surface area contributed by atoms with Gasteiger partial charge in [0.2, 0.25) is 0 Å². The van der Waals surface area contributed by atoms with Crippen molar-refractivity contribution in [1.29, 1.82) is 0 Å². The van der Waals surface area contributed by atoms with Crippen molar-refractivity contribution in [2.24, 2.45) is 0 Å². The molecule has 2 N–H and O–H groups in total. The average molecular weight is 180 g/mol. The van der Waals surface area contributed by atoms with Gasteiger partial charge in [-0.05, 0) is 12.8 Å². The van der Waals surface area contributed by atoms with Gasteiger partial charge in [0.05, 0.1) is 12.7 Å². The largest absolute Gasteiger partial charge is 0.395 e. The van der Waals surface area contributed by atoms with Crippen molar-refractivity contribution in [3.05, 3.63) is 0 Å². The van der Waals surface area contributed by atoms with Crippen LogP contribution >= 0.6 is 12.4 Å². The Morgan fingerprint density at radius 2 is 2.36 bits per heavy atom. The highest BCUT2D eigenvalue weighted by molar-refractivity contribution is 5.85. The molecule has 0 aromatic rings. The van der Waals surface area contributed by atoms with Crippen LogP contribution in [0.15, 0.2) is 0 Å². The molecule has 0 bridgehead atoms. The van der Waals surface area contributed by atoms with E-state index in [9.17, 15) is 0 Å². The van der Waals surface area contributed by atoms with Crippen LogP contribution in [0.2, 0.25) is 0 Å². The summed E-state index contributed by atoms with van der Waals surface area (Å²) in [6.07, 6.45) is 2.49. The molecule has 2 saturated heterocycles. The quantitative estimate of drug-likeness (QED) is 0.592. The smallest absolute Gasteiger partial charge is 0.0744 e. The molecular formula is C7H14ClNO2. The number of rotatable bonds is 1. The summed E-state index contributed by atoms with van der Waals surface area (Å²) in [5.41, 5.74) is 0. The van der Waals surface area contributed by atoms with E-state index in [-0.39, 0.29) is 25.1 Å². The number of aliphatic hydroxyl groups is 1. The van der Waals surface area contributed by atoms with Crippen LogP contribution in [0.5, 0.6) is 0 Å². The number of halogens is 1. The van der Waals surface area contributed by atoms with Gasteiger partial charge in [0.1, 0.15) is 0 Å². The van der Waals surface area contributed by atoms with E-state index in [0.717, 1.165) is 19.4 Å². The zero-order valence-electron chi connectivity index (χ0n) is 6.32. The van der Waals surface area contributed by atoms with Crippen molar-refractivity contribution in [1.82, 2.24) is 5.32 Å². The van der Waals surface area contributed by atoms with Crippen LogP contribution in [-0.4, -0.2) is 36.5 Å². The summed E-state index contributed by atoms with van der Waals surface area (Å²) in [7, 11) is 0. The summed E-state index contributed by atoms with van der Waals surface area (Å²) < 4.78 is 5.44. The lowest BCUT2D eigenvalue weighted by Gasteiger charge is -2.07. The predicted molar refractivity (Wildman–Crippen MR) is 44.0 cm³/mol. The van der Waals surface area contributed by atoms with Gasteiger partial charge in [-0.25, -0.2) is 0 Å². The first-order valence-corrected chi connectivity index (χ1v) is 3.88. The van der Waals surface area contributed by atoms with E-state index in [4.69, 9.17) is 9.84 Å². The average Bonchev–Trinajstić information content (AvgIpc) is 2.42. The summed E-state index contributed by atoms with van der Waals surface area (Å²) in [6.45, 7) is 1.14. The molecular weight excluding hydrogens is 166 g/mol. The van der Waals surface area contributed by atoms with E-state index in [1.807, 2.05) is 0 Å². The monoisotopic (exact) mass is 179 g/mol. The van der Waals surface area contributed by atoms with Gasteiger partial charge in [-0.1, -0.05) is 0 Å². The van der Waals surface area contributed by atoms with E-state index in [0.29, 0.717) is 12.1 Å². The second-order valence-corrected chi connectivity index (χ2v) is 3.09. The van der Waals surface area contributed by atoms with Crippen molar-refractivity contribution < 1.29 is 9.84 Å². The second kappa shape index (κ2) is 3.72. The molecule has 0 spiro atoms. The number of aliphatic hydroxyl groups excluding tert-OH is 1. The molecule has 2 aliphatic heterocycles. The maximum absolute atomic E-state index is 8.80. The highest BCUT2D eigenvalue weighted by Gasteiger charge is 2.37. The highest BCUT2D eigenvalue weighted by Crippen LogP contribution is 2.24. The van der Waals surface area contributed by atoms with Gasteiger partial charge in [0.15, 0.2) is 0 Å². The molecule has 0 aliphatic carbocycles. The number of hydrogen-bond donors (Lipinski definition) is 2. The van der Waals surface area contributed by atoms with Crippen molar-refractivity contribution >= 4 is 12.4 Å². The molecule has 0 saturated carbocycles. The maximum atomic E-state index is 8.80. The molecule has 4 heteroatoms. The molecule has 3 unspecified atom stereocenters. The Hall–Kier alpha value is 0.170. The molecule has 3 nitrogen and oxygen atoms in total. The van der Waals surface area contributed by atoms with E-state index >= 15 is 0 Å². The fourth-order valence-corrected chi connectivity index (χ4v) is 1.85. The minimum atomic E-state index is 0. The van der Waals surface area contributed by atoms with Crippen LogP contribution in [-0.2, 0) is 4.74 Å². The minimum Gasteiger partial charge on any atom is -0.395 e. The molecule has 0 aromatic carbocycles. The van der Waals surface area contributed by atoms with Crippen LogP contribution in [0.1, 0.15) is 12.8 Å². The first-order chi connectivity index (χ1) is 4.90. The number of fused-ring (bicyclic) bond motifs is 1. The molecule has 2 heterocycles. The molecule has 66 valence electrons. The number of nitrogens with one attached hydrogen (secondary N) is 1. The van der Waals surface area contributed by atoms with Gasteiger partial charge in [-0.3, -0.25) is 0 Å². The lowest BCUT2D eigenvalue weighted by Crippen LogP contribution is -2.32. The molecule has 11 heavy (non-hydrogen) atoms. The van der Waals surface area contributed by atoms with Crippen molar-refractivity contribution in [3.63, 3.8) is 0 Å². The zero-order chi connectivity index (χ0) is 6.97. The summed E-state index contributed by atoms with van der Waals surface area (Å²) in [4.78, 5) is 0. The molecule has 0 aromatic heterocycles. The Balaban J connectivity index is 0.000000605. The zero-order valence-corrected chi connectivity index (χ0v) is 7.14. The van der Waals surface area contributed by atoms with Gasteiger partial charge in [-0.2, -0.15) is 0 Å². The lowest BCUT2D eigenvalue weighted by atomic mass is 10.1. The molecule has 2 aliphatic rings. The van der Waals surface area contributed by atoms with E-state index in [1.54, 1.807) is 0 Å². The molecule has 0 radical (unpaired) electrons. The van der Waals surface area contributed by atoms with Gasteiger partial charge >= 0.3 is 0 Å². The Labute approximate surface area is 72.5 Å². The third-order valence-electron chi connectivity index (χ3n) is 2.40.